The van der Waals surface area contributed by atoms with Crippen LogP contribution in [-0.4, -0.2) is 11.1 Å². The van der Waals surface area contributed by atoms with Gasteiger partial charge in [0.2, 0.25) is 0 Å². The van der Waals surface area contributed by atoms with Crippen LogP contribution in [0.2, 0.25) is 0 Å². The summed E-state index contributed by atoms with van der Waals surface area (Å²) in [7, 11) is 0. The van der Waals surface area contributed by atoms with Gasteiger partial charge < -0.3 is 5.11 Å². The Bertz CT molecular complexity index is 384. The summed E-state index contributed by atoms with van der Waals surface area (Å²) in [4.78, 5) is 10.3. The zero-order chi connectivity index (χ0) is 15.6. The minimum atomic E-state index is -0.716. The van der Waals surface area contributed by atoms with Crippen molar-refractivity contribution >= 4 is 5.97 Å². The lowest BCUT2D eigenvalue weighted by Crippen LogP contribution is -1.92. The van der Waals surface area contributed by atoms with Crippen molar-refractivity contribution in [1.29, 1.82) is 0 Å². The molecular formula is C19H28O2. The molecule has 1 N–H and O–H groups in total. The summed E-state index contributed by atoms with van der Waals surface area (Å²) < 4.78 is 0. The Balaban J connectivity index is 3.45. The summed E-state index contributed by atoms with van der Waals surface area (Å²) in [6.07, 6.45) is 27.1. The molecule has 0 aromatic carbocycles. The number of hydrogen-bond acceptors (Lipinski definition) is 1. The molecule has 0 heterocycles. The first kappa shape index (κ1) is 19.2. The molecule has 0 rings (SSSR count). The molecule has 0 saturated heterocycles. The third kappa shape index (κ3) is 18.2. The fraction of sp³-hybridized carbons (Fsp3) is 0.421. The van der Waals surface area contributed by atoms with Crippen LogP contribution >= 0.6 is 0 Å². The van der Waals surface area contributed by atoms with E-state index in [1.54, 1.807) is 0 Å². The van der Waals surface area contributed by atoms with Crippen LogP contribution in [0.3, 0.4) is 0 Å². The molecular weight excluding hydrogens is 260 g/mol. The van der Waals surface area contributed by atoms with E-state index >= 15 is 0 Å². The number of allylic oxidation sites excluding steroid dienone is 10. The highest BCUT2D eigenvalue weighted by molar-refractivity contribution is 5.66. The SMILES string of the molecule is CC=CCC=CCC=CCC=CC/C=C\CCCC(=O)O. The van der Waals surface area contributed by atoms with Crippen LogP contribution in [0.15, 0.2) is 60.8 Å². The van der Waals surface area contributed by atoms with E-state index in [2.05, 4.69) is 60.8 Å². The number of carboxylic acids is 1. The van der Waals surface area contributed by atoms with Crippen LogP contribution in [0.5, 0.6) is 0 Å². The number of unbranched alkanes of at least 4 members (excludes halogenated alkanes) is 1. The lowest BCUT2D eigenvalue weighted by atomic mass is 10.2. The highest BCUT2D eigenvalue weighted by Crippen LogP contribution is 1.99. The lowest BCUT2D eigenvalue weighted by Gasteiger charge is -1.89. The molecule has 0 aliphatic heterocycles. The second kappa shape index (κ2) is 16.2. The molecule has 0 spiro atoms. The van der Waals surface area contributed by atoms with Gasteiger partial charge in [0.25, 0.3) is 0 Å². The summed E-state index contributed by atoms with van der Waals surface area (Å²) in [5, 5.41) is 8.48. The molecule has 0 bridgehead atoms. The van der Waals surface area contributed by atoms with Gasteiger partial charge in [-0.15, -0.1) is 0 Å². The van der Waals surface area contributed by atoms with Gasteiger partial charge >= 0.3 is 5.97 Å². The van der Waals surface area contributed by atoms with Crippen LogP contribution < -0.4 is 0 Å². The molecule has 0 amide bonds. The third-order valence-corrected chi connectivity index (χ3v) is 2.75. The van der Waals surface area contributed by atoms with Gasteiger partial charge in [-0.2, -0.15) is 0 Å². The second-order valence-electron chi connectivity index (χ2n) is 4.68. The smallest absolute Gasteiger partial charge is 0.303 e. The topological polar surface area (TPSA) is 37.3 Å². The number of hydrogen-bond donors (Lipinski definition) is 1. The van der Waals surface area contributed by atoms with Crippen LogP contribution in [-0.2, 0) is 4.79 Å². The van der Waals surface area contributed by atoms with Crippen molar-refractivity contribution in [2.75, 3.05) is 0 Å². The van der Waals surface area contributed by atoms with Gasteiger partial charge in [0.1, 0.15) is 0 Å². The van der Waals surface area contributed by atoms with Gasteiger partial charge in [0.05, 0.1) is 0 Å². The number of rotatable bonds is 12. The first-order chi connectivity index (χ1) is 10.3. The molecule has 0 fully saturated rings. The summed E-state index contributed by atoms with van der Waals surface area (Å²) >= 11 is 0. The van der Waals surface area contributed by atoms with E-state index in [0.29, 0.717) is 0 Å². The van der Waals surface area contributed by atoms with Gasteiger partial charge in [0.15, 0.2) is 0 Å². The molecule has 0 aromatic rings. The van der Waals surface area contributed by atoms with Crippen molar-refractivity contribution in [3.8, 4) is 0 Å². The van der Waals surface area contributed by atoms with Gasteiger partial charge in [-0.3, -0.25) is 4.79 Å². The quantitative estimate of drug-likeness (QED) is 0.375. The van der Waals surface area contributed by atoms with E-state index < -0.39 is 5.97 Å². The minimum absolute atomic E-state index is 0.258. The van der Waals surface area contributed by atoms with Crippen LogP contribution in [0, 0.1) is 0 Å². The Morgan fingerprint density at radius 3 is 1.62 bits per heavy atom. The Hall–Kier alpha value is -1.83. The zero-order valence-electron chi connectivity index (χ0n) is 13.1. The maximum Gasteiger partial charge on any atom is 0.303 e. The Labute approximate surface area is 129 Å². The zero-order valence-corrected chi connectivity index (χ0v) is 13.1. The highest BCUT2D eigenvalue weighted by atomic mass is 16.4. The first-order valence-corrected chi connectivity index (χ1v) is 7.70. The highest BCUT2D eigenvalue weighted by Gasteiger charge is 1.92. The molecule has 21 heavy (non-hydrogen) atoms. The van der Waals surface area contributed by atoms with E-state index in [0.717, 1.165) is 38.5 Å². The standard InChI is InChI=1S/C19H28O2/c1-2-3-4-5-6-7-8-9-10-11-12-13-14-15-16-17-18-19(20)21/h2-3,5-6,8-9,11-12,14-15H,4,7,10,13,16-18H2,1H3,(H,20,21)/b3-2?,6-5?,9-8?,12-11?,15-14-. The largest absolute Gasteiger partial charge is 0.481 e. The van der Waals surface area contributed by atoms with E-state index in [4.69, 9.17) is 5.11 Å². The van der Waals surface area contributed by atoms with Crippen molar-refractivity contribution in [2.45, 2.75) is 51.9 Å². The molecule has 2 heteroatoms. The molecule has 0 aromatic heterocycles. The van der Waals surface area contributed by atoms with Crippen molar-refractivity contribution in [3.63, 3.8) is 0 Å². The van der Waals surface area contributed by atoms with Gasteiger partial charge in [-0.05, 0) is 45.4 Å². The van der Waals surface area contributed by atoms with Crippen LogP contribution in [0.4, 0.5) is 0 Å². The molecule has 0 aliphatic rings. The fourth-order valence-electron chi connectivity index (χ4n) is 1.61. The number of carbonyl (C=O) groups is 1. The molecule has 0 unspecified atom stereocenters. The number of aliphatic carboxylic acids is 1. The van der Waals surface area contributed by atoms with Crippen LogP contribution in [0.1, 0.15) is 51.9 Å². The molecule has 0 atom stereocenters. The van der Waals surface area contributed by atoms with Crippen molar-refractivity contribution in [2.24, 2.45) is 0 Å². The molecule has 0 aliphatic carbocycles. The van der Waals surface area contributed by atoms with Crippen molar-refractivity contribution < 1.29 is 9.90 Å². The maximum atomic E-state index is 10.3. The van der Waals surface area contributed by atoms with Gasteiger partial charge in [0, 0.05) is 6.42 Å². The predicted molar refractivity (Wildman–Crippen MR) is 91.3 cm³/mol. The van der Waals surface area contributed by atoms with Gasteiger partial charge in [-0.1, -0.05) is 60.8 Å². The van der Waals surface area contributed by atoms with E-state index in [1.165, 1.54) is 0 Å². The summed E-state index contributed by atoms with van der Waals surface area (Å²) in [5.41, 5.74) is 0. The first-order valence-electron chi connectivity index (χ1n) is 7.70. The second-order valence-corrected chi connectivity index (χ2v) is 4.68. The Morgan fingerprint density at radius 2 is 1.19 bits per heavy atom. The normalized spacial score (nSPS) is 12.8. The molecule has 0 saturated carbocycles. The summed E-state index contributed by atoms with van der Waals surface area (Å²) in [6.45, 7) is 2.03. The Kier molecular flexibility index (Phi) is 14.8. The van der Waals surface area contributed by atoms with Crippen molar-refractivity contribution in [3.05, 3.63) is 60.8 Å². The lowest BCUT2D eigenvalue weighted by molar-refractivity contribution is -0.137. The fourth-order valence-corrected chi connectivity index (χ4v) is 1.61. The molecule has 116 valence electrons. The number of carboxylic acid groups (broad SMARTS) is 1. The van der Waals surface area contributed by atoms with Crippen molar-refractivity contribution in [1.82, 2.24) is 0 Å². The Morgan fingerprint density at radius 1 is 0.762 bits per heavy atom. The summed E-state index contributed by atoms with van der Waals surface area (Å²) in [6, 6.07) is 0. The van der Waals surface area contributed by atoms with E-state index in [9.17, 15) is 4.79 Å². The summed E-state index contributed by atoms with van der Waals surface area (Å²) in [5.74, 6) is -0.716. The molecule has 0 radical (unpaired) electrons. The average molecular weight is 288 g/mol. The van der Waals surface area contributed by atoms with Crippen LogP contribution in [0.25, 0.3) is 0 Å². The van der Waals surface area contributed by atoms with E-state index in [-0.39, 0.29) is 6.42 Å². The maximum absolute atomic E-state index is 10.3. The average Bonchev–Trinajstić information content (AvgIpc) is 2.46. The molecule has 2 nitrogen and oxygen atoms in total. The monoisotopic (exact) mass is 288 g/mol. The van der Waals surface area contributed by atoms with Gasteiger partial charge in [-0.25, -0.2) is 0 Å². The minimum Gasteiger partial charge on any atom is -0.481 e. The predicted octanol–water partition coefficient (Wildman–Crippen LogP) is 5.60. The third-order valence-electron chi connectivity index (χ3n) is 2.75. The van der Waals surface area contributed by atoms with E-state index in [1.807, 2.05) is 6.92 Å².